The maximum absolute atomic E-state index is 11.1. The summed E-state index contributed by atoms with van der Waals surface area (Å²) in [5.41, 5.74) is 6.11. The first-order valence-electron chi connectivity index (χ1n) is 9.04. The Balaban J connectivity index is 1.63. The number of carbonyl (C=O) groups is 1. The van der Waals surface area contributed by atoms with Gasteiger partial charge in [-0.2, -0.15) is 5.10 Å². The van der Waals surface area contributed by atoms with Crippen LogP contribution in [-0.2, 0) is 11.3 Å². The van der Waals surface area contributed by atoms with Crippen molar-refractivity contribution in [3.63, 3.8) is 0 Å². The molecule has 1 amide bonds. The third kappa shape index (κ3) is 4.39. The van der Waals surface area contributed by atoms with Crippen LogP contribution >= 0.6 is 0 Å². The van der Waals surface area contributed by atoms with Gasteiger partial charge in [-0.3, -0.25) is 19.6 Å². The lowest BCUT2D eigenvalue weighted by Gasteiger charge is -2.25. The van der Waals surface area contributed by atoms with Crippen LogP contribution in [0.2, 0.25) is 0 Å². The maximum atomic E-state index is 11.1. The van der Waals surface area contributed by atoms with Crippen molar-refractivity contribution in [2.24, 2.45) is 0 Å². The second-order valence-electron chi connectivity index (χ2n) is 6.82. The highest BCUT2D eigenvalue weighted by atomic mass is 16.5. The van der Waals surface area contributed by atoms with E-state index < -0.39 is 5.91 Å². The molecule has 138 valence electrons. The second kappa shape index (κ2) is 8.29. The summed E-state index contributed by atoms with van der Waals surface area (Å²) >= 11 is 0. The SMILES string of the molecule is Cc1cc(C)n(CCN2CCC[C@H]2c2ccc(C=CC(=O)NO)cc2)n1. The number of nitrogens with one attached hydrogen (secondary N) is 1. The molecule has 1 atom stereocenters. The zero-order valence-electron chi connectivity index (χ0n) is 15.4. The Morgan fingerprint density at radius 2 is 2.08 bits per heavy atom. The van der Waals surface area contributed by atoms with Crippen LogP contribution in [0.15, 0.2) is 36.4 Å². The van der Waals surface area contributed by atoms with Crippen molar-refractivity contribution >= 4 is 12.0 Å². The molecule has 6 nitrogen and oxygen atoms in total. The highest BCUT2D eigenvalue weighted by Gasteiger charge is 2.25. The van der Waals surface area contributed by atoms with Crippen LogP contribution < -0.4 is 5.48 Å². The zero-order valence-corrected chi connectivity index (χ0v) is 15.4. The number of benzene rings is 1. The van der Waals surface area contributed by atoms with Crippen LogP contribution in [0, 0.1) is 13.8 Å². The monoisotopic (exact) mass is 354 g/mol. The molecular formula is C20H26N4O2. The fourth-order valence-corrected chi connectivity index (χ4v) is 3.63. The van der Waals surface area contributed by atoms with Gasteiger partial charge in [-0.05, 0) is 56.5 Å². The summed E-state index contributed by atoms with van der Waals surface area (Å²) in [5, 5.41) is 13.1. The number of hydroxylamine groups is 1. The van der Waals surface area contributed by atoms with Crippen molar-refractivity contribution in [2.75, 3.05) is 13.1 Å². The van der Waals surface area contributed by atoms with Crippen molar-refractivity contribution in [1.82, 2.24) is 20.2 Å². The van der Waals surface area contributed by atoms with E-state index in [1.54, 1.807) is 11.6 Å². The topological polar surface area (TPSA) is 70.4 Å². The lowest BCUT2D eigenvalue weighted by atomic mass is 10.0. The van der Waals surface area contributed by atoms with Gasteiger partial charge in [0.2, 0.25) is 0 Å². The van der Waals surface area contributed by atoms with Crippen LogP contribution in [0.25, 0.3) is 6.08 Å². The number of amides is 1. The number of nitrogens with zero attached hydrogens (tertiary/aromatic N) is 3. The fourth-order valence-electron chi connectivity index (χ4n) is 3.63. The van der Waals surface area contributed by atoms with Gasteiger partial charge in [-0.25, -0.2) is 5.48 Å². The van der Waals surface area contributed by atoms with E-state index in [2.05, 4.69) is 39.8 Å². The summed E-state index contributed by atoms with van der Waals surface area (Å²) in [5.74, 6) is -0.528. The van der Waals surface area contributed by atoms with Gasteiger partial charge in [0.15, 0.2) is 0 Å². The Hall–Kier alpha value is -2.44. The number of likely N-dealkylation sites (tertiary alicyclic amines) is 1. The van der Waals surface area contributed by atoms with Gasteiger partial charge in [0, 0.05) is 24.4 Å². The van der Waals surface area contributed by atoms with Gasteiger partial charge in [0.25, 0.3) is 5.91 Å². The van der Waals surface area contributed by atoms with Gasteiger partial charge < -0.3 is 0 Å². The second-order valence-corrected chi connectivity index (χ2v) is 6.82. The maximum Gasteiger partial charge on any atom is 0.267 e. The van der Waals surface area contributed by atoms with E-state index in [1.807, 2.05) is 19.1 Å². The van der Waals surface area contributed by atoms with E-state index in [9.17, 15) is 4.79 Å². The third-order valence-electron chi connectivity index (χ3n) is 4.92. The summed E-state index contributed by atoms with van der Waals surface area (Å²) in [6.07, 6.45) is 5.37. The molecule has 0 unspecified atom stereocenters. The Labute approximate surface area is 154 Å². The average Bonchev–Trinajstić information content (AvgIpc) is 3.24. The standard InChI is InChI=1S/C20H26N4O2/c1-15-14-16(2)24(21-15)13-12-23-11-3-4-19(23)18-8-5-17(6-9-18)7-10-20(25)22-26/h5-10,14,19,26H,3-4,11-13H2,1-2H3,(H,22,25)/t19-/m0/s1. The minimum absolute atomic E-state index is 0.436. The van der Waals surface area contributed by atoms with Crippen LogP contribution in [0.1, 0.15) is 41.4 Å². The first-order chi connectivity index (χ1) is 12.6. The molecule has 2 aromatic rings. The van der Waals surface area contributed by atoms with Gasteiger partial charge in [0.1, 0.15) is 0 Å². The Bertz CT molecular complexity index is 780. The van der Waals surface area contributed by atoms with Crippen molar-refractivity contribution in [2.45, 2.75) is 39.3 Å². The van der Waals surface area contributed by atoms with Crippen LogP contribution in [-0.4, -0.2) is 38.9 Å². The number of carbonyl (C=O) groups excluding carboxylic acids is 1. The predicted molar refractivity (Wildman–Crippen MR) is 101 cm³/mol. The fraction of sp³-hybridized carbons (Fsp3) is 0.400. The molecule has 0 aliphatic carbocycles. The summed E-state index contributed by atoms with van der Waals surface area (Å²) < 4.78 is 2.09. The first-order valence-corrected chi connectivity index (χ1v) is 9.04. The minimum Gasteiger partial charge on any atom is -0.294 e. The molecule has 1 aliphatic heterocycles. The largest absolute Gasteiger partial charge is 0.294 e. The van der Waals surface area contributed by atoms with Gasteiger partial charge in [-0.15, -0.1) is 0 Å². The quantitative estimate of drug-likeness (QED) is 0.475. The highest BCUT2D eigenvalue weighted by Crippen LogP contribution is 2.31. The predicted octanol–water partition coefficient (Wildman–Crippen LogP) is 2.86. The third-order valence-corrected chi connectivity index (χ3v) is 4.92. The molecule has 6 heteroatoms. The van der Waals surface area contributed by atoms with Crippen molar-refractivity contribution < 1.29 is 10.0 Å². The lowest BCUT2D eigenvalue weighted by molar-refractivity contribution is -0.124. The summed E-state index contributed by atoms with van der Waals surface area (Å²) in [4.78, 5) is 13.6. The molecule has 3 rings (SSSR count). The van der Waals surface area contributed by atoms with Gasteiger partial charge in [0.05, 0.1) is 12.2 Å². The van der Waals surface area contributed by atoms with Crippen molar-refractivity contribution in [3.05, 3.63) is 58.9 Å². The molecular weight excluding hydrogens is 328 g/mol. The summed E-state index contributed by atoms with van der Waals surface area (Å²) in [7, 11) is 0. The van der Waals surface area contributed by atoms with E-state index in [0.717, 1.165) is 30.9 Å². The van der Waals surface area contributed by atoms with Crippen molar-refractivity contribution in [1.29, 1.82) is 0 Å². The number of hydrogen-bond donors (Lipinski definition) is 2. The molecule has 1 saturated heterocycles. The van der Waals surface area contributed by atoms with E-state index in [0.29, 0.717) is 6.04 Å². The normalized spacial score (nSPS) is 17.9. The van der Waals surface area contributed by atoms with Gasteiger partial charge in [-0.1, -0.05) is 24.3 Å². The number of rotatable bonds is 6. The smallest absolute Gasteiger partial charge is 0.267 e. The van der Waals surface area contributed by atoms with Gasteiger partial charge >= 0.3 is 0 Å². The molecule has 0 radical (unpaired) electrons. The highest BCUT2D eigenvalue weighted by molar-refractivity contribution is 5.90. The van der Waals surface area contributed by atoms with E-state index in [4.69, 9.17) is 5.21 Å². The van der Waals surface area contributed by atoms with E-state index >= 15 is 0 Å². The molecule has 0 bridgehead atoms. The molecule has 26 heavy (non-hydrogen) atoms. The molecule has 1 aromatic heterocycles. The van der Waals surface area contributed by atoms with Crippen LogP contribution in [0.5, 0.6) is 0 Å². The molecule has 1 fully saturated rings. The molecule has 0 spiro atoms. The molecule has 1 aromatic carbocycles. The average molecular weight is 354 g/mol. The molecule has 2 N–H and O–H groups in total. The Morgan fingerprint density at radius 3 is 2.73 bits per heavy atom. The van der Waals surface area contributed by atoms with Crippen LogP contribution in [0.3, 0.4) is 0 Å². The summed E-state index contributed by atoms with van der Waals surface area (Å²) in [6.45, 7) is 7.15. The minimum atomic E-state index is -0.528. The Morgan fingerprint density at radius 1 is 1.31 bits per heavy atom. The lowest BCUT2D eigenvalue weighted by Crippen LogP contribution is -2.27. The number of hydrogen-bond acceptors (Lipinski definition) is 4. The zero-order chi connectivity index (χ0) is 18.5. The summed E-state index contributed by atoms with van der Waals surface area (Å²) in [6, 6.07) is 10.8. The number of aromatic nitrogens is 2. The first kappa shape index (κ1) is 18.4. The Kier molecular flexibility index (Phi) is 5.85. The van der Waals surface area contributed by atoms with Crippen LogP contribution in [0.4, 0.5) is 0 Å². The molecule has 1 aliphatic rings. The van der Waals surface area contributed by atoms with E-state index in [-0.39, 0.29) is 0 Å². The van der Waals surface area contributed by atoms with E-state index in [1.165, 1.54) is 30.2 Å². The molecule has 2 heterocycles. The molecule has 0 saturated carbocycles. The van der Waals surface area contributed by atoms with Crippen molar-refractivity contribution in [3.8, 4) is 0 Å². The number of aryl methyl sites for hydroxylation is 2.